The molecule has 18 heavy (non-hydrogen) atoms. The highest BCUT2D eigenvalue weighted by Crippen LogP contribution is 2.33. The second-order valence-electron chi connectivity index (χ2n) is 4.55. The van der Waals surface area contributed by atoms with Gasteiger partial charge in [-0.15, -0.1) is 22.9 Å². The fourth-order valence-corrected chi connectivity index (χ4v) is 5.73. The van der Waals surface area contributed by atoms with Crippen molar-refractivity contribution < 1.29 is 8.42 Å². The topological polar surface area (TPSA) is 37.4 Å². The molecule has 1 unspecified atom stereocenters. The number of piperidine rings is 1. The Bertz CT molecular complexity index is 508. The van der Waals surface area contributed by atoms with E-state index < -0.39 is 10.0 Å². The molecule has 0 N–H and O–H groups in total. The van der Waals surface area contributed by atoms with Crippen LogP contribution in [-0.4, -0.2) is 31.7 Å². The van der Waals surface area contributed by atoms with Crippen molar-refractivity contribution >= 4 is 44.6 Å². The summed E-state index contributed by atoms with van der Waals surface area (Å²) in [6.07, 6.45) is 1.87. The summed E-state index contributed by atoms with van der Waals surface area (Å²) >= 11 is 12.9. The molecule has 2 rings (SSSR count). The number of hydrogen-bond acceptors (Lipinski definition) is 3. The number of aryl methyl sites for hydroxylation is 1. The molecule has 0 aromatic carbocycles. The number of sulfonamides is 1. The van der Waals surface area contributed by atoms with Gasteiger partial charge >= 0.3 is 0 Å². The van der Waals surface area contributed by atoms with Crippen LogP contribution in [0.2, 0.25) is 4.34 Å². The largest absolute Gasteiger partial charge is 0.252 e. The van der Waals surface area contributed by atoms with E-state index in [1.54, 1.807) is 6.07 Å². The van der Waals surface area contributed by atoms with E-state index in [0.29, 0.717) is 27.5 Å². The van der Waals surface area contributed by atoms with Crippen LogP contribution in [0.25, 0.3) is 0 Å². The monoisotopic (exact) mass is 327 g/mol. The van der Waals surface area contributed by atoms with Gasteiger partial charge in [-0.2, -0.15) is 4.31 Å². The number of thiophene rings is 1. The Morgan fingerprint density at radius 1 is 1.56 bits per heavy atom. The molecule has 0 radical (unpaired) electrons. The Morgan fingerprint density at radius 3 is 2.83 bits per heavy atom. The van der Waals surface area contributed by atoms with Gasteiger partial charge in [0, 0.05) is 19.0 Å². The summed E-state index contributed by atoms with van der Waals surface area (Å²) in [6, 6.07) is 1.65. The molecule has 3 nitrogen and oxygen atoms in total. The van der Waals surface area contributed by atoms with Crippen molar-refractivity contribution in [3.8, 4) is 0 Å². The third kappa shape index (κ3) is 2.85. The van der Waals surface area contributed by atoms with Crippen molar-refractivity contribution in [2.75, 3.05) is 19.0 Å². The van der Waals surface area contributed by atoms with Gasteiger partial charge in [-0.1, -0.05) is 11.6 Å². The van der Waals surface area contributed by atoms with Crippen LogP contribution in [0.4, 0.5) is 0 Å². The minimum absolute atomic E-state index is 0.256. The lowest BCUT2D eigenvalue weighted by atomic mass is 10.0. The Balaban J connectivity index is 2.25. The Labute approximate surface area is 122 Å². The molecule has 0 saturated carbocycles. The highest BCUT2D eigenvalue weighted by molar-refractivity contribution is 7.91. The lowest BCUT2D eigenvalue weighted by Crippen LogP contribution is -2.40. The van der Waals surface area contributed by atoms with Crippen molar-refractivity contribution in [3.05, 3.63) is 16.0 Å². The van der Waals surface area contributed by atoms with Gasteiger partial charge in [0.05, 0.1) is 4.34 Å². The highest BCUT2D eigenvalue weighted by Gasteiger charge is 2.31. The van der Waals surface area contributed by atoms with Crippen molar-refractivity contribution in [3.63, 3.8) is 0 Å². The van der Waals surface area contributed by atoms with Crippen LogP contribution in [-0.2, 0) is 10.0 Å². The van der Waals surface area contributed by atoms with Gasteiger partial charge in [0.25, 0.3) is 10.0 Å². The molecule has 1 fully saturated rings. The molecule has 1 aliphatic heterocycles. The quantitative estimate of drug-likeness (QED) is 0.798. The molecule has 1 aromatic rings. The van der Waals surface area contributed by atoms with E-state index in [1.807, 2.05) is 6.92 Å². The van der Waals surface area contributed by atoms with Gasteiger partial charge in [0.15, 0.2) is 0 Å². The predicted molar refractivity (Wildman–Crippen MR) is 76.3 cm³/mol. The molecule has 0 bridgehead atoms. The second-order valence-corrected chi connectivity index (χ2v) is 8.68. The number of nitrogens with zero attached hydrogens (tertiary/aromatic N) is 1. The standard InChI is InChI=1S/C11H15Cl2NO2S2/c1-8-5-10(17-11(8)13)18(15,16)14-4-2-3-9(6-12)7-14/h5,9H,2-4,6-7H2,1H3. The zero-order valence-electron chi connectivity index (χ0n) is 10.0. The lowest BCUT2D eigenvalue weighted by Gasteiger charge is -2.30. The summed E-state index contributed by atoms with van der Waals surface area (Å²) in [5.74, 6) is 0.766. The minimum atomic E-state index is -3.40. The zero-order chi connectivity index (χ0) is 13.3. The van der Waals surface area contributed by atoms with Crippen LogP contribution in [0.3, 0.4) is 0 Å². The van der Waals surface area contributed by atoms with E-state index in [-0.39, 0.29) is 5.92 Å². The molecular weight excluding hydrogens is 313 g/mol. The molecule has 1 atom stereocenters. The molecule has 0 amide bonds. The fourth-order valence-electron chi connectivity index (χ4n) is 2.06. The Hall–Kier alpha value is 0.190. The predicted octanol–water partition coefficient (Wildman–Crippen LogP) is 3.35. The first-order valence-electron chi connectivity index (χ1n) is 5.77. The van der Waals surface area contributed by atoms with Crippen molar-refractivity contribution in [1.29, 1.82) is 0 Å². The molecule has 7 heteroatoms. The van der Waals surface area contributed by atoms with E-state index in [0.717, 1.165) is 29.7 Å². The average molecular weight is 328 g/mol. The minimum Gasteiger partial charge on any atom is -0.206 e. The van der Waals surface area contributed by atoms with Gasteiger partial charge in [-0.3, -0.25) is 0 Å². The molecular formula is C11H15Cl2NO2S2. The summed E-state index contributed by atoms with van der Waals surface area (Å²) in [6.45, 7) is 2.90. The fraction of sp³-hybridized carbons (Fsp3) is 0.636. The molecule has 0 spiro atoms. The van der Waals surface area contributed by atoms with Crippen molar-refractivity contribution in [2.24, 2.45) is 5.92 Å². The first kappa shape index (κ1) is 14.6. The number of halogens is 2. The van der Waals surface area contributed by atoms with Gasteiger partial charge < -0.3 is 0 Å². The smallest absolute Gasteiger partial charge is 0.206 e. The summed E-state index contributed by atoms with van der Waals surface area (Å²) < 4.78 is 27.3. The Morgan fingerprint density at radius 2 is 2.28 bits per heavy atom. The maximum absolute atomic E-state index is 12.4. The van der Waals surface area contributed by atoms with Gasteiger partial charge in [0.1, 0.15) is 4.21 Å². The lowest BCUT2D eigenvalue weighted by molar-refractivity contribution is 0.284. The maximum atomic E-state index is 12.4. The summed E-state index contributed by atoms with van der Waals surface area (Å²) in [4.78, 5) is 0. The first-order valence-corrected chi connectivity index (χ1v) is 8.94. The van der Waals surface area contributed by atoms with Crippen molar-refractivity contribution in [1.82, 2.24) is 4.31 Å². The number of hydrogen-bond donors (Lipinski definition) is 0. The summed E-state index contributed by atoms with van der Waals surface area (Å²) in [5, 5.41) is 0. The molecule has 2 heterocycles. The van der Waals surface area contributed by atoms with E-state index in [2.05, 4.69) is 0 Å². The van der Waals surface area contributed by atoms with Crippen LogP contribution in [0.5, 0.6) is 0 Å². The molecule has 102 valence electrons. The third-order valence-corrected chi connectivity index (χ3v) is 7.43. The number of rotatable bonds is 3. The Kier molecular flexibility index (Phi) is 4.60. The normalized spacial score (nSPS) is 22.3. The first-order chi connectivity index (χ1) is 8.45. The van der Waals surface area contributed by atoms with Crippen LogP contribution in [0.15, 0.2) is 10.3 Å². The number of alkyl halides is 1. The van der Waals surface area contributed by atoms with Gasteiger partial charge in [-0.05, 0) is 37.3 Å². The SMILES string of the molecule is Cc1cc(S(=O)(=O)N2CCCC(CCl)C2)sc1Cl. The molecule has 1 aliphatic rings. The van der Waals surface area contributed by atoms with E-state index in [1.165, 1.54) is 4.31 Å². The summed E-state index contributed by atoms with van der Waals surface area (Å²) in [5.41, 5.74) is 0.811. The summed E-state index contributed by atoms with van der Waals surface area (Å²) in [7, 11) is -3.40. The second kappa shape index (κ2) is 5.67. The van der Waals surface area contributed by atoms with Crippen LogP contribution < -0.4 is 0 Å². The maximum Gasteiger partial charge on any atom is 0.252 e. The zero-order valence-corrected chi connectivity index (χ0v) is 13.2. The van der Waals surface area contributed by atoms with E-state index >= 15 is 0 Å². The van der Waals surface area contributed by atoms with Gasteiger partial charge in [-0.25, -0.2) is 8.42 Å². The molecule has 0 aliphatic carbocycles. The van der Waals surface area contributed by atoms with Crippen LogP contribution in [0, 0.1) is 12.8 Å². The van der Waals surface area contributed by atoms with Crippen LogP contribution >= 0.6 is 34.5 Å². The van der Waals surface area contributed by atoms with E-state index in [9.17, 15) is 8.42 Å². The third-order valence-electron chi connectivity index (χ3n) is 3.13. The highest BCUT2D eigenvalue weighted by atomic mass is 35.5. The van der Waals surface area contributed by atoms with Crippen LogP contribution in [0.1, 0.15) is 18.4 Å². The van der Waals surface area contributed by atoms with E-state index in [4.69, 9.17) is 23.2 Å². The average Bonchev–Trinajstić information content (AvgIpc) is 2.70. The van der Waals surface area contributed by atoms with Crippen molar-refractivity contribution in [2.45, 2.75) is 24.0 Å². The molecule has 1 saturated heterocycles. The van der Waals surface area contributed by atoms with Gasteiger partial charge in [0.2, 0.25) is 0 Å². The molecule has 1 aromatic heterocycles.